The fourth-order valence-corrected chi connectivity index (χ4v) is 2.79. The van der Waals surface area contributed by atoms with Crippen LogP contribution in [0.4, 0.5) is 0 Å². The van der Waals surface area contributed by atoms with Gasteiger partial charge in [-0.05, 0) is 38.0 Å². The van der Waals surface area contributed by atoms with E-state index in [2.05, 4.69) is 4.98 Å². The Balaban J connectivity index is 2.05. The van der Waals surface area contributed by atoms with Gasteiger partial charge in [0, 0.05) is 11.6 Å². The fourth-order valence-electron chi connectivity index (χ4n) is 2.62. The molecule has 2 aromatic rings. The van der Waals surface area contributed by atoms with Gasteiger partial charge in [-0.2, -0.15) is 0 Å². The molecule has 3 rings (SSSR count). The van der Waals surface area contributed by atoms with E-state index in [9.17, 15) is 5.11 Å². The van der Waals surface area contributed by atoms with E-state index in [1.54, 1.807) is 6.92 Å². The van der Waals surface area contributed by atoms with E-state index in [1.165, 1.54) is 0 Å². The van der Waals surface area contributed by atoms with E-state index in [0.29, 0.717) is 10.8 Å². The first-order chi connectivity index (χ1) is 9.15. The summed E-state index contributed by atoms with van der Waals surface area (Å²) in [5.74, 6) is 0.674. The lowest BCUT2D eigenvalue weighted by Gasteiger charge is -2.15. The first kappa shape index (κ1) is 12.9. The first-order valence-corrected chi connectivity index (χ1v) is 6.98. The number of aliphatic hydroxyl groups excluding tert-OH is 1. The van der Waals surface area contributed by atoms with Crippen LogP contribution in [0.25, 0.3) is 11.0 Å². The second-order valence-electron chi connectivity index (χ2n) is 5.02. The number of nitrogens with zero attached hydrogens (tertiary/aromatic N) is 2. The highest BCUT2D eigenvalue weighted by molar-refractivity contribution is 6.31. The highest BCUT2D eigenvalue weighted by Gasteiger charge is 2.21. The van der Waals surface area contributed by atoms with Gasteiger partial charge in [-0.15, -0.1) is 0 Å². The Kier molecular flexibility index (Phi) is 3.48. The SMILES string of the molecule is CC(O)c1nc2cc(Cl)ccc2n1CC1CCCO1. The predicted molar refractivity (Wildman–Crippen MR) is 74.4 cm³/mol. The number of aromatic nitrogens is 2. The van der Waals surface area contributed by atoms with E-state index < -0.39 is 6.10 Å². The standard InChI is InChI=1S/C14H17ClN2O2/c1-9(18)14-16-12-7-10(15)4-5-13(12)17(14)8-11-3-2-6-19-11/h4-5,7,9,11,18H,2-3,6,8H2,1H3. The molecule has 1 aromatic heterocycles. The second-order valence-corrected chi connectivity index (χ2v) is 5.46. The Morgan fingerprint density at radius 2 is 2.42 bits per heavy atom. The third kappa shape index (κ3) is 2.48. The minimum Gasteiger partial charge on any atom is -0.385 e. The lowest BCUT2D eigenvalue weighted by atomic mass is 10.2. The molecule has 1 aromatic carbocycles. The number of halogens is 1. The minimum absolute atomic E-state index is 0.213. The Hall–Kier alpha value is -1.10. The van der Waals surface area contributed by atoms with Crippen LogP contribution in [0.5, 0.6) is 0 Å². The first-order valence-electron chi connectivity index (χ1n) is 6.60. The lowest BCUT2D eigenvalue weighted by molar-refractivity contribution is 0.0940. The van der Waals surface area contributed by atoms with Gasteiger partial charge in [0.1, 0.15) is 11.9 Å². The van der Waals surface area contributed by atoms with E-state index in [0.717, 1.165) is 37.0 Å². The van der Waals surface area contributed by atoms with Crippen LogP contribution in [-0.2, 0) is 11.3 Å². The zero-order valence-corrected chi connectivity index (χ0v) is 11.6. The van der Waals surface area contributed by atoms with Crippen molar-refractivity contribution in [3.8, 4) is 0 Å². The van der Waals surface area contributed by atoms with Crippen molar-refractivity contribution in [3.63, 3.8) is 0 Å². The molecular weight excluding hydrogens is 264 g/mol. The van der Waals surface area contributed by atoms with Gasteiger partial charge in [-0.25, -0.2) is 4.98 Å². The molecule has 2 unspecified atom stereocenters. The average Bonchev–Trinajstić information content (AvgIpc) is 2.97. The van der Waals surface area contributed by atoms with Gasteiger partial charge >= 0.3 is 0 Å². The third-order valence-corrected chi connectivity index (χ3v) is 3.76. The summed E-state index contributed by atoms with van der Waals surface area (Å²) >= 11 is 5.99. The topological polar surface area (TPSA) is 47.3 Å². The van der Waals surface area contributed by atoms with Gasteiger partial charge in [0.15, 0.2) is 0 Å². The number of aliphatic hydroxyl groups is 1. The Morgan fingerprint density at radius 3 is 3.11 bits per heavy atom. The normalized spacial score (nSPS) is 21.1. The van der Waals surface area contributed by atoms with Crippen molar-refractivity contribution in [1.29, 1.82) is 0 Å². The van der Waals surface area contributed by atoms with E-state index >= 15 is 0 Å². The highest BCUT2D eigenvalue weighted by atomic mass is 35.5. The number of hydrogen-bond acceptors (Lipinski definition) is 3. The maximum absolute atomic E-state index is 9.89. The van der Waals surface area contributed by atoms with E-state index in [4.69, 9.17) is 16.3 Å². The molecule has 0 radical (unpaired) electrons. The van der Waals surface area contributed by atoms with Crippen molar-refractivity contribution in [2.45, 2.75) is 38.5 Å². The van der Waals surface area contributed by atoms with Crippen LogP contribution in [0.1, 0.15) is 31.7 Å². The number of imidazole rings is 1. The summed E-state index contributed by atoms with van der Waals surface area (Å²) in [5.41, 5.74) is 1.82. The number of rotatable bonds is 3. The van der Waals surface area contributed by atoms with Crippen molar-refractivity contribution in [1.82, 2.24) is 9.55 Å². The maximum atomic E-state index is 9.89. The molecular formula is C14H17ClN2O2. The molecule has 1 N–H and O–H groups in total. The van der Waals surface area contributed by atoms with Crippen molar-refractivity contribution in [2.75, 3.05) is 6.61 Å². The van der Waals surface area contributed by atoms with Gasteiger partial charge in [0.2, 0.25) is 0 Å². The molecule has 1 fully saturated rings. The number of ether oxygens (including phenoxy) is 1. The van der Waals surface area contributed by atoms with Gasteiger partial charge in [-0.3, -0.25) is 0 Å². The minimum atomic E-state index is -0.604. The van der Waals surface area contributed by atoms with E-state index in [1.807, 2.05) is 22.8 Å². The highest BCUT2D eigenvalue weighted by Crippen LogP contribution is 2.25. The zero-order chi connectivity index (χ0) is 13.4. The maximum Gasteiger partial charge on any atom is 0.138 e. The van der Waals surface area contributed by atoms with Crippen molar-refractivity contribution < 1.29 is 9.84 Å². The molecule has 0 aliphatic carbocycles. The van der Waals surface area contributed by atoms with Gasteiger partial charge in [0.25, 0.3) is 0 Å². The molecule has 0 amide bonds. The predicted octanol–water partition coefficient (Wildman–Crippen LogP) is 2.92. The molecule has 2 heterocycles. The molecule has 0 spiro atoms. The summed E-state index contributed by atoms with van der Waals surface area (Å²) < 4.78 is 7.73. The molecule has 2 atom stereocenters. The number of benzene rings is 1. The van der Waals surface area contributed by atoms with Gasteiger partial charge in [0.05, 0.1) is 23.7 Å². The molecule has 0 bridgehead atoms. The third-order valence-electron chi connectivity index (χ3n) is 3.52. The summed E-state index contributed by atoms with van der Waals surface area (Å²) in [5, 5.41) is 10.6. The molecule has 1 aliphatic rings. The Morgan fingerprint density at radius 1 is 1.58 bits per heavy atom. The quantitative estimate of drug-likeness (QED) is 0.940. The van der Waals surface area contributed by atoms with Crippen LogP contribution in [0.15, 0.2) is 18.2 Å². The summed E-state index contributed by atoms with van der Waals surface area (Å²) in [6.07, 6.45) is 1.78. The number of fused-ring (bicyclic) bond motifs is 1. The molecule has 1 aliphatic heterocycles. The molecule has 102 valence electrons. The summed E-state index contributed by atoms with van der Waals surface area (Å²) in [4.78, 5) is 4.49. The lowest BCUT2D eigenvalue weighted by Crippen LogP contribution is -2.17. The van der Waals surface area contributed by atoms with E-state index in [-0.39, 0.29) is 6.10 Å². The number of hydrogen-bond donors (Lipinski definition) is 1. The smallest absolute Gasteiger partial charge is 0.138 e. The Labute approximate surface area is 117 Å². The Bertz CT molecular complexity index is 588. The van der Waals surface area contributed by atoms with Crippen LogP contribution < -0.4 is 0 Å². The molecule has 4 nitrogen and oxygen atoms in total. The second kappa shape index (κ2) is 5.12. The average molecular weight is 281 g/mol. The van der Waals surface area contributed by atoms with Crippen molar-refractivity contribution >= 4 is 22.6 Å². The zero-order valence-electron chi connectivity index (χ0n) is 10.8. The largest absolute Gasteiger partial charge is 0.385 e. The van der Waals surface area contributed by atoms with Crippen LogP contribution in [0, 0.1) is 0 Å². The van der Waals surface area contributed by atoms with Crippen LogP contribution in [0.3, 0.4) is 0 Å². The molecule has 19 heavy (non-hydrogen) atoms. The van der Waals surface area contributed by atoms with Gasteiger partial charge < -0.3 is 14.4 Å². The fraction of sp³-hybridized carbons (Fsp3) is 0.500. The summed E-state index contributed by atoms with van der Waals surface area (Å²) in [6, 6.07) is 5.63. The molecule has 5 heteroatoms. The monoisotopic (exact) mass is 280 g/mol. The van der Waals surface area contributed by atoms with Crippen LogP contribution in [-0.4, -0.2) is 27.4 Å². The molecule has 0 saturated carbocycles. The molecule has 1 saturated heterocycles. The summed E-state index contributed by atoms with van der Waals surface area (Å²) in [7, 11) is 0. The van der Waals surface area contributed by atoms with Gasteiger partial charge in [-0.1, -0.05) is 11.6 Å². The van der Waals surface area contributed by atoms with Crippen molar-refractivity contribution in [3.05, 3.63) is 29.0 Å². The van der Waals surface area contributed by atoms with Crippen LogP contribution >= 0.6 is 11.6 Å². The summed E-state index contributed by atoms with van der Waals surface area (Å²) in [6.45, 7) is 3.29. The van der Waals surface area contributed by atoms with Crippen molar-refractivity contribution in [2.24, 2.45) is 0 Å². The van der Waals surface area contributed by atoms with Crippen LogP contribution in [0.2, 0.25) is 5.02 Å².